The Kier molecular flexibility index (Phi) is 3.49. The Bertz CT molecular complexity index is 632. The minimum atomic E-state index is 0.778. The first-order chi connectivity index (χ1) is 9.69. The van der Waals surface area contributed by atoms with Crippen LogP contribution in [-0.2, 0) is 19.4 Å². The van der Waals surface area contributed by atoms with Crippen molar-refractivity contribution in [2.24, 2.45) is 0 Å². The molecule has 4 nitrogen and oxygen atoms in total. The van der Waals surface area contributed by atoms with Crippen LogP contribution in [0.2, 0.25) is 0 Å². The van der Waals surface area contributed by atoms with Crippen LogP contribution < -0.4 is 5.32 Å². The third-order valence-electron chi connectivity index (χ3n) is 3.78. The van der Waals surface area contributed by atoms with E-state index in [1.54, 1.807) is 0 Å². The molecule has 3 heterocycles. The van der Waals surface area contributed by atoms with Gasteiger partial charge in [0, 0.05) is 37.0 Å². The van der Waals surface area contributed by atoms with E-state index in [1.165, 1.54) is 16.8 Å². The summed E-state index contributed by atoms with van der Waals surface area (Å²) < 4.78 is 0. The lowest BCUT2D eigenvalue weighted by Gasteiger charge is -2.19. The van der Waals surface area contributed by atoms with Crippen LogP contribution in [0.25, 0.3) is 11.5 Å². The second-order valence-corrected chi connectivity index (χ2v) is 5.38. The van der Waals surface area contributed by atoms with Crippen molar-refractivity contribution in [2.45, 2.75) is 40.2 Å². The standard InChI is InChI=1S/C16H20N4/c1-4-13-12-9-17-6-5-14(12)20-16(19-13)15-11(3)7-10(2)8-18-15/h7-8,17H,4-6,9H2,1-3H3. The lowest BCUT2D eigenvalue weighted by molar-refractivity contribution is 0.618. The zero-order valence-corrected chi connectivity index (χ0v) is 12.3. The van der Waals surface area contributed by atoms with E-state index in [1.807, 2.05) is 6.20 Å². The molecule has 0 fully saturated rings. The van der Waals surface area contributed by atoms with Gasteiger partial charge in [0.15, 0.2) is 5.82 Å². The largest absolute Gasteiger partial charge is 0.312 e. The highest BCUT2D eigenvalue weighted by Crippen LogP contribution is 2.23. The zero-order valence-electron chi connectivity index (χ0n) is 12.3. The zero-order chi connectivity index (χ0) is 14.1. The summed E-state index contributed by atoms with van der Waals surface area (Å²) in [7, 11) is 0. The van der Waals surface area contributed by atoms with E-state index < -0.39 is 0 Å². The number of fused-ring (bicyclic) bond motifs is 1. The van der Waals surface area contributed by atoms with Gasteiger partial charge in [-0.15, -0.1) is 0 Å². The van der Waals surface area contributed by atoms with Crippen molar-refractivity contribution >= 4 is 0 Å². The number of nitrogens with zero attached hydrogens (tertiary/aromatic N) is 3. The SMILES string of the molecule is CCc1nc(-c2ncc(C)cc2C)nc2c1CNCC2. The van der Waals surface area contributed by atoms with Crippen LogP contribution in [0.5, 0.6) is 0 Å². The molecule has 0 radical (unpaired) electrons. The van der Waals surface area contributed by atoms with Gasteiger partial charge in [-0.25, -0.2) is 9.97 Å². The number of aryl methyl sites for hydroxylation is 3. The Balaban J connectivity index is 2.14. The topological polar surface area (TPSA) is 50.7 Å². The van der Waals surface area contributed by atoms with Gasteiger partial charge in [-0.3, -0.25) is 4.98 Å². The fourth-order valence-electron chi connectivity index (χ4n) is 2.76. The first kappa shape index (κ1) is 13.2. The van der Waals surface area contributed by atoms with E-state index in [2.05, 4.69) is 37.1 Å². The molecule has 0 amide bonds. The number of hydrogen-bond acceptors (Lipinski definition) is 4. The lowest BCUT2D eigenvalue weighted by Crippen LogP contribution is -2.26. The molecule has 3 rings (SSSR count). The highest BCUT2D eigenvalue weighted by molar-refractivity contribution is 5.56. The molecule has 0 aliphatic carbocycles. The fraction of sp³-hybridized carbons (Fsp3) is 0.438. The summed E-state index contributed by atoms with van der Waals surface area (Å²) in [6, 6.07) is 2.14. The smallest absolute Gasteiger partial charge is 0.178 e. The van der Waals surface area contributed by atoms with Crippen LogP contribution in [0, 0.1) is 13.8 Å². The highest BCUT2D eigenvalue weighted by Gasteiger charge is 2.18. The summed E-state index contributed by atoms with van der Waals surface area (Å²) in [4.78, 5) is 14.1. The second-order valence-electron chi connectivity index (χ2n) is 5.38. The van der Waals surface area contributed by atoms with Crippen LogP contribution in [0.1, 0.15) is 35.0 Å². The summed E-state index contributed by atoms with van der Waals surface area (Å²) in [6.07, 6.45) is 3.80. The van der Waals surface area contributed by atoms with Gasteiger partial charge >= 0.3 is 0 Å². The van der Waals surface area contributed by atoms with Crippen LogP contribution in [0.3, 0.4) is 0 Å². The summed E-state index contributed by atoms with van der Waals surface area (Å²) in [5, 5.41) is 3.40. The molecule has 1 aliphatic heterocycles. The molecule has 20 heavy (non-hydrogen) atoms. The monoisotopic (exact) mass is 268 g/mol. The van der Waals surface area contributed by atoms with Crippen LogP contribution in [0.4, 0.5) is 0 Å². The molecule has 104 valence electrons. The first-order valence-corrected chi connectivity index (χ1v) is 7.22. The van der Waals surface area contributed by atoms with Crippen molar-refractivity contribution in [3.63, 3.8) is 0 Å². The maximum absolute atomic E-state index is 4.77. The van der Waals surface area contributed by atoms with E-state index >= 15 is 0 Å². The van der Waals surface area contributed by atoms with Crippen LogP contribution in [-0.4, -0.2) is 21.5 Å². The molecule has 2 aromatic heterocycles. The highest BCUT2D eigenvalue weighted by atomic mass is 15.0. The number of nitrogens with one attached hydrogen (secondary N) is 1. The van der Waals surface area contributed by atoms with Crippen molar-refractivity contribution in [3.05, 3.63) is 40.3 Å². The van der Waals surface area contributed by atoms with E-state index in [0.29, 0.717) is 0 Å². The molecule has 0 bridgehead atoms. The average molecular weight is 268 g/mol. The molecule has 4 heteroatoms. The van der Waals surface area contributed by atoms with Gasteiger partial charge in [0.2, 0.25) is 0 Å². The molecule has 1 aliphatic rings. The van der Waals surface area contributed by atoms with Gasteiger partial charge < -0.3 is 5.32 Å². The quantitative estimate of drug-likeness (QED) is 0.908. The van der Waals surface area contributed by atoms with Crippen molar-refractivity contribution < 1.29 is 0 Å². The van der Waals surface area contributed by atoms with Crippen molar-refractivity contribution in [3.8, 4) is 11.5 Å². The summed E-state index contributed by atoms with van der Waals surface area (Å²) in [5.41, 5.74) is 6.84. The maximum Gasteiger partial charge on any atom is 0.178 e. The Morgan fingerprint density at radius 1 is 1.25 bits per heavy atom. The fourth-order valence-corrected chi connectivity index (χ4v) is 2.76. The van der Waals surface area contributed by atoms with Gasteiger partial charge in [0.1, 0.15) is 5.69 Å². The molecule has 0 aromatic carbocycles. The van der Waals surface area contributed by atoms with Crippen LogP contribution in [0.15, 0.2) is 12.3 Å². The molecular weight excluding hydrogens is 248 g/mol. The van der Waals surface area contributed by atoms with Crippen molar-refractivity contribution in [1.29, 1.82) is 0 Å². The molecule has 1 N–H and O–H groups in total. The van der Waals surface area contributed by atoms with Gasteiger partial charge in [-0.05, 0) is 31.4 Å². The summed E-state index contributed by atoms with van der Waals surface area (Å²) in [5.74, 6) is 0.778. The maximum atomic E-state index is 4.77. The third kappa shape index (κ3) is 2.31. The molecule has 0 saturated heterocycles. The third-order valence-corrected chi connectivity index (χ3v) is 3.78. The van der Waals surface area contributed by atoms with Gasteiger partial charge in [0.05, 0.1) is 5.69 Å². The second kappa shape index (κ2) is 5.29. The molecule has 0 unspecified atom stereocenters. The van der Waals surface area contributed by atoms with Gasteiger partial charge in [0.25, 0.3) is 0 Å². The Morgan fingerprint density at radius 3 is 2.85 bits per heavy atom. The lowest BCUT2D eigenvalue weighted by atomic mass is 10.0. The first-order valence-electron chi connectivity index (χ1n) is 7.22. The normalized spacial score (nSPS) is 14.2. The summed E-state index contributed by atoms with van der Waals surface area (Å²) >= 11 is 0. The van der Waals surface area contributed by atoms with Gasteiger partial charge in [-0.2, -0.15) is 0 Å². The van der Waals surface area contributed by atoms with E-state index in [-0.39, 0.29) is 0 Å². The molecular formula is C16H20N4. The number of aromatic nitrogens is 3. The van der Waals surface area contributed by atoms with E-state index in [0.717, 1.165) is 48.7 Å². The molecule has 0 saturated carbocycles. The predicted octanol–water partition coefficient (Wildman–Crippen LogP) is 2.36. The van der Waals surface area contributed by atoms with Gasteiger partial charge in [-0.1, -0.05) is 13.0 Å². The Labute approximate surface area is 119 Å². The van der Waals surface area contributed by atoms with E-state index in [9.17, 15) is 0 Å². The Hall–Kier alpha value is -1.81. The number of hydrogen-bond donors (Lipinski definition) is 1. The molecule has 0 atom stereocenters. The van der Waals surface area contributed by atoms with Crippen molar-refractivity contribution in [2.75, 3.05) is 6.54 Å². The van der Waals surface area contributed by atoms with Crippen molar-refractivity contribution in [1.82, 2.24) is 20.3 Å². The molecule has 0 spiro atoms. The number of pyridine rings is 1. The summed E-state index contributed by atoms with van der Waals surface area (Å²) in [6.45, 7) is 8.16. The Morgan fingerprint density at radius 2 is 2.10 bits per heavy atom. The predicted molar refractivity (Wildman–Crippen MR) is 79.5 cm³/mol. The average Bonchev–Trinajstić information content (AvgIpc) is 2.46. The number of rotatable bonds is 2. The minimum absolute atomic E-state index is 0.778. The van der Waals surface area contributed by atoms with Crippen LogP contribution >= 0.6 is 0 Å². The minimum Gasteiger partial charge on any atom is -0.312 e. The molecule has 2 aromatic rings. The van der Waals surface area contributed by atoms with E-state index in [4.69, 9.17) is 9.97 Å².